The molecule has 1 atom stereocenters. The molecule has 9 heteroatoms. The summed E-state index contributed by atoms with van der Waals surface area (Å²) in [6.45, 7) is 0.853. The van der Waals surface area contributed by atoms with Gasteiger partial charge in [-0.1, -0.05) is 0 Å². The Morgan fingerprint density at radius 1 is 1.09 bits per heavy atom. The summed E-state index contributed by atoms with van der Waals surface area (Å²) in [7, 11) is 0. The van der Waals surface area contributed by atoms with Crippen molar-refractivity contribution in [1.82, 2.24) is 24.6 Å². The van der Waals surface area contributed by atoms with Crippen molar-refractivity contribution in [3.05, 3.63) is 11.6 Å². The van der Waals surface area contributed by atoms with Crippen LogP contribution in [0.2, 0.25) is 0 Å². The number of carbonyl (C=O) groups is 1. The molecule has 1 aromatic heterocycles. The quantitative estimate of drug-likeness (QED) is 0.834. The zero-order chi connectivity index (χ0) is 16.2. The molecule has 23 heavy (non-hydrogen) atoms. The van der Waals surface area contributed by atoms with Gasteiger partial charge < -0.3 is 9.47 Å². The molecule has 1 amide bonds. The lowest BCUT2D eigenvalue weighted by molar-refractivity contribution is -0.159. The van der Waals surface area contributed by atoms with Gasteiger partial charge in [-0.3, -0.25) is 9.69 Å². The summed E-state index contributed by atoms with van der Waals surface area (Å²) < 4.78 is 39.6. The monoisotopic (exact) mass is 329 g/mol. The minimum Gasteiger partial charge on any atom is -0.332 e. The number of hydrogen-bond acceptors (Lipinski definition) is 4. The molecule has 3 heterocycles. The Bertz CT molecular complexity index is 624. The van der Waals surface area contributed by atoms with E-state index in [0.717, 1.165) is 29.4 Å². The largest absolute Gasteiger partial charge is 0.406 e. The van der Waals surface area contributed by atoms with E-state index in [1.54, 1.807) is 0 Å². The average Bonchev–Trinajstić information content (AvgIpc) is 3.15. The fourth-order valence-corrected chi connectivity index (χ4v) is 3.54. The highest BCUT2D eigenvalue weighted by atomic mass is 19.4. The molecule has 0 spiro atoms. The Kier molecular flexibility index (Phi) is 3.36. The van der Waals surface area contributed by atoms with Crippen molar-refractivity contribution < 1.29 is 18.0 Å². The molecule has 6 nitrogen and oxygen atoms in total. The second kappa shape index (κ2) is 5.19. The highest BCUT2D eigenvalue weighted by molar-refractivity contribution is 5.84. The normalized spacial score (nSPS) is 26.0. The predicted octanol–water partition coefficient (Wildman–Crippen LogP) is 1.13. The van der Waals surface area contributed by atoms with Crippen LogP contribution in [0.5, 0.6) is 0 Å². The number of rotatable bonds is 3. The highest BCUT2D eigenvalue weighted by Crippen LogP contribution is 2.39. The molecule has 1 aliphatic carbocycles. The van der Waals surface area contributed by atoms with Crippen molar-refractivity contribution in [2.75, 3.05) is 19.6 Å². The Hall–Kier alpha value is -1.64. The van der Waals surface area contributed by atoms with Crippen molar-refractivity contribution >= 4 is 5.91 Å². The Morgan fingerprint density at radius 3 is 2.57 bits per heavy atom. The van der Waals surface area contributed by atoms with Gasteiger partial charge in [0.2, 0.25) is 5.91 Å². The van der Waals surface area contributed by atoms with Crippen LogP contribution in [0.3, 0.4) is 0 Å². The van der Waals surface area contributed by atoms with Crippen molar-refractivity contribution in [3.8, 4) is 0 Å². The van der Waals surface area contributed by atoms with Crippen LogP contribution in [-0.2, 0) is 17.9 Å². The standard InChI is InChI=1S/C14H18F3N5O/c15-14(16,17)8-21-4-3-10(13(21)23)20-5-6-22-11(7-20)18-19-12(22)9-1-2-9/h9-10H,1-8H2. The summed E-state index contributed by atoms with van der Waals surface area (Å²) >= 11 is 0. The lowest BCUT2D eigenvalue weighted by Crippen LogP contribution is -2.47. The smallest absolute Gasteiger partial charge is 0.332 e. The molecule has 4 rings (SSSR count). The van der Waals surface area contributed by atoms with Crippen molar-refractivity contribution in [1.29, 1.82) is 0 Å². The number of carbonyl (C=O) groups excluding carboxylic acids is 1. The van der Waals surface area contributed by atoms with Crippen LogP contribution in [0.25, 0.3) is 0 Å². The SMILES string of the molecule is O=C1C(N2CCn3c(nnc3C3CC3)C2)CCN1CC(F)(F)F. The Labute approximate surface area is 131 Å². The number of fused-ring (bicyclic) bond motifs is 1. The molecule has 1 saturated heterocycles. The van der Waals surface area contributed by atoms with E-state index < -0.39 is 24.7 Å². The van der Waals surface area contributed by atoms with Crippen molar-refractivity contribution in [2.45, 2.75) is 50.5 Å². The summed E-state index contributed by atoms with van der Waals surface area (Å²) in [6.07, 6.45) is -1.60. The van der Waals surface area contributed by atoms with Gasteiger partial charge in [-0.15, -0.1) is 10.2 Å². The van der Waals surface area contributed by atoms with E-state index >= 15 is 0 Å². The first-order chi connectivity index (χ1) is 10.9. The third kappa shape index (κ3) is 2.82. The summed E-state index contributed by atoms with van der Waals surface area (Å²) in [5.41, 5.74) is 0. The minimum absolute atomic E-state index is 0.166. The molecule has 1 saturated carbocycles. The number of halogens is 3. The van der Waals surface area contributed by atoms with Crippen LogP contribution in [-0.4, -0.2) is 62.3 Å². The lowest BCUT2D eigenvalue weighted by Gasteiger charge is -2.31. The van der Waals surface area contributed by atoms with Gasteiger partial charge in [-0.2, -0.15) is 13.2 Å². The zero-order valence-corrected chi connectivity index (χ0v) is 12.6. The molecular weight excluding hydrogens is 311 g/mol. The van der Waals surface area contributed by atoms with Crippen LogP contribution in [0.4, 0.5) is 13.2 Å². The lowest BCUT2D eigenvalue weighted by atomic mass is 10.2. The maximum Gasteiger partial charge on any atom is 0.406 e. The molecule has 0 N–H and O–H groups in total. The fourth-order valence-electron chi connectivity index (χ4n) is 3.54. The first-order valence-corrected chi connectivity index (χ1v) is 7.94. The van der Waals surface area contributed by atoms with Gasteiger partial charge >= 0.3 is 6.18 Å². The van der Waals surface area contributed by atoms with Gasteiger partial charge in [0.1, 0.15) is 18.2 Å². The van der Waals surface area contributed by atoms with Crippen LogP contribution in [0.1, 0.15) is 36.8 Å². The number of likely N-dealkylation sites (tertiary alicyclic amines) is 1. The first kappa shape index (κ1) is 14.9. The van der Waals surface area contributed by atoms with Crippen molar-refractivity contribution in [3.63, 3.8) is 0 Å². The number of alkyl halides is 3. The molecule has 0 aromatic carbocycles. The molecule has 1 aromatic rings. The van der Waals surface area contributed by atoms with Crippen LogP contribution < -0.4 is 0 Å². The predicted molar refractivity (Wildman–Crippen MR) is 73.4 cm³/mol. The Morgan fingerprint density at radius 2 is 1.87 bits per heavy atom. The first-order valence-electron chi connectivity index (χ1n) is 7.94. The molecule has 0 bridgehead atoms. The molecule has 2 aliphatic heterocycles. The topological polar surface area (TPSA) is 54.3 Å². The minimum atomic E-state index is -4.34. The second-order valence-corrected chi connectivity index (χ2v) is 6.55. The van der Waals surface area contributed by atoms with E-state index in [2.05, 4.69) is 14.8 Å². The summed E-state index contributed by atoms with van der Waals surface area (Å²) in [5.74, 6) is 1.94. The fraction of sp³-hybridized carbons (Fsp3) is 0.786. The second-order valence-electron chi connectivity index (χ2n) is 6.55. The summed E-state index contributed by atoms with van der Waals surface area (Å²) in [6, 6.07) is -0.466. The molecule has 3 aliphatic rings. The van der Waals surface area contributed by atoms with Gasteiger partial charge in [0.05, 0.1) is 12.6 Å². The molecule has 1 unspecified atom stereocenters. The number of hydrogen-bond donors (Lipinski definition) is 0. The molecule has 2 fully saturated rings. The molecule has 0 radical (unpaired) electrons. The van der Waals surface area contributed by atoms with Crippen molar-refractivity contribution in [2.24, 2.45) is 0 Å². The molecule has 126 valence electrons. The third-order valence-corrected chi connectivity index (χ3v) is 4.83. The van der Waals surface area contributed by atoms with Gasteiger partial charge in [0.25, 0.3) is 0 Å². The van der Waals surface area contributed by atoms with Gasteiger partial charge in [0.15, 0.2) is 0 Å². The summed E-state index contributed by atoms with van der Waals surface area (Å²) in [4.78, 5) is 15.1. The van der Waals surface area contributed by atoms with E-state index in [1.165, 1.54) is 0 Å². The number of aromatic nitrogens is 3. The van der Waals surface area contributed by atoms with E-state index in [9.17, 15) is 18.0 Å². The van der Waals surface area contributed by atoms with Crippen LogP contribution in [0, 0.1) is 0 Å². The van der Waals surface area contributed by atoms with E-state index in [4.69, 9.17) is 0 Å². The maximum atomic E-state index is 12.5. The number of amides is 1. The van der Waals surface area contributed by atoms with Gasteiger partial charge in [-0.25, -0.2) is 0 Å². The highest BCUT2D eigenvalue weighted by Gasteiger charge is 2.42. The zero-order valence-electron chi connectivity index (χ0n) is 12.6. The number of nitrogens with zero attached hydrogens (tertiary/aromatic N) is 5. The third-order valence-electron chi connectivity index (χ3n) is 4.83. The van der Waals surface area contributed by atoms with Crippen LogP contribution in [0.15, 0.2) is 0 Å². The average molecular weight is 329 g/mol. The van der Waals surface area contributed by atoms with Crippen LogP contribution >= 0.6 is 0 Å². The maximum absolute atomic E-state index is 12.5. The van der Waals surface area contributed by atoms with E-state index in [1.807, 2.05) is 4.90 Å². The van der Waals surface area contributed by atoms with Gasteiger partial charge in [0, 0.05) is 25.6 Å². The summed E-state index contributed by atoms with van der Waals surface area (Å²) in [5, 5.41) is 8.45. The molecular formula is C14H18F3N5O. The van der Waals surface area contributed by atoms with Gasteiger partial charge in [-0.05, 0) is 19.3 Å². The van der Waals surface area contributed by atoms with E-state index in [0.29, 0.717) is 32.0 Å². The van der Waals surface area contributed by atoms with E-state index in [-0.39, 0.29) is 6.54 Å². The Balaban J connectivity index is 1.44.